The van der Waals surface area contributed by atoms with Crippen LogP contribution in [0.5, 0.6) is 0 Å². The lowest BCUT2D eigenvalue weighted by Crippen LogP contribution is -2.29. The quantitative estimate of drug-likeness (QED) is 0.911. The summed E-state index contributed by atoms with van der Waals surface area (Å²) in [6, 6.07) is 5.05. The Labute approximate surface area is 136 Å². The van der Waals surface area contributed by atoms with Crippen LogP contribution in [0.15, 0.2) is 30.6 Å². The molecule has 1 N–H and O–H groups in total. The van der Waals surface area contributed by atoms with Gasteiger partial charge < -0.3 is 9.88 Å². The number of aryl methyl sites for hydroxylation is 1. The number of amides is 1. The van der Waals surface area contributed by atoms with Crippen LogP contribution in [0.25, 0.3) is 0 Å². The van der Waals surface area contributed by atoms with Gasteiger partial charge in [-0.25, -0.2) is 0 Å². The van der Waals surface area contributed by atoms with E-state index in [1.807, 2.05) is 11.5 Å². The lowest BCUT2D eigenvalue weighted by molar-refractivity contribution is -0.137. The zero-order valence-corrected chi connectivity index (χ0v) is 13.0. The molecule has 2 aromatic rings. The van der Waals surface area contributed by atoms with Crippen LogP contribution in [-0.2, 0) is 17.5 Å². The highest BCUT2D eigenvalue weighted by Crippen LogP contribution is 2.47. The Balaban J connectivity index is 1.49. The van der Waals surface area contributed by atoms with Crippen molar-refractivity contribution in [3.05, 3.63) is 47.5 Å². The van der Waals surface area contributed by atoms with Gasteiger partial charge in [-0.2, -0.15) is 13.2 Å². The number of hydrogen-bond acceptors (Lipinski definition) is 3. The topological polar surface area (TPSA) is 59.8 Å². The van der Waals surface area contributed by atoms with Crippen molar-refractivity contribution in [3.63, 3.8) is 0 Å². The third-order valence-corrected chi connectivity index (χ3v) is 4.25. The second-order valence-corrected chi connectivity index (χ2v) is 5.93. The highest BCUT2D eigenvalue weighted by Gasteiger charge is 2.44. The Bertz CT molecular complexity index is 724. The van der Waals surface area contributed by atoms with E-state index < -0.39 is 11.7 Å². The van der Waals surface area contributed by atoms with Crippen LogP contribution in [0, 0.1) is 12.8 Å². The van der Waals surface area contributed by atoms with Gasteiger partial charge in [-0.3, -0.25) is 4.79 Å². The van der Waals surface area contributed by atoms with Crippen LogP contribution in [0.4, 0.5) is 13.2 Å². The summed E-state index contributed by atoms with van der Waals surface area (Å²) < 4.78 is 39.5. The first-order chi connectivity index (χ1) is 11.4. The molecule has 24 heavy (non-hydrogen) atoms. The Kier molecular flexibility index (Phi) is 4.29. The molecule has 1 heterocycles. The van der Waals surface area contributed by atoms with Crippen LogP contribution in [-0.4, -0.2) is 27.2 Å². The molecular formula is C16H17F3N4O. The van der Waals surface area contributed by atoms with Gasteiger partial charge in [-0.05, 0) is 37.0 Å². The average Bonchev–Trinajstić information content (AvgIpc) is 3.24. The molecule has 128 valence electrons. The highest BCUT2D eigenvalue weighted by molar-refractivity contribution is 5.82. The predicted molar refractivity (Wildman–Crippen MR) is 80.1 cm³/mol. The number of aromatic nitrogens is 3. The third kappa shape index (κ3) is 3.58. The molecule has 2 atom stereocenters. The lowest BCUT2D eigenvalue weighted by atomic mass is 10.1. The lowest BCUT2D eigenvalue weighted by Gasteiger charge is -2.08. The number of nitrogens with one attached hydrogen (secondary N) is 1. The van der Waals surface area contributed by atoms with E-state index in [4.69, 9.17) is 0 Å². The maximum atomic E-state index is 12.6. The van der Waals surface area contributed by atoms with Gasteiger partial charge in [0.25, 0.3) is 0 Å². The first-order valence-corrected chi connectivity index (χ1v) is 7.65. The van der Waals surface area contributed by atoms with Crippen LogP contribution in [0.1, 0.15) is 29.3 Å². The van der Waals surface area contributed by atoms with Crippen molar-refractivity contribution in [2.75, 3.05) is 6.54 Å². The number of alkyl halides is 3. The number of hydrogen-bond donors (Lipinski definition) is 1. The summed E-state index contributed by atoms with van der Waals surface area (Å²) in [5.74, 6) is 0.552. The molecule has 0 unspecified atom stereocenters. The molecule has 8 heteroatoms. The monoisotopic (exact) mass is 338 g/mol. The molecule has 1 aromatic heterocycles. The zero-order chi connectivity index (χ0) is 17.3. The summed E-state index contributed by atoms with van der Waals surface area (Å²) in [7, 11) is 0. The SMILES string of the molecule is Cc1nncn1CCNC(=O)[C@@H]1C[C@@H]1c1ccc(C(F)(F)F)cc1. The molecule has 1 aromatic carbocycles. The van der Waals surface area contributed by atoms with Crippen LogP contribution >= 0.6 is 0 Å². The molecule has 5 nitrogen and oxygen atoms in total. The number of nitrogens with zero attached hydrogens (tertiary/aromatic N) is 3. The number of benzene rings is 1. The van der Waals surface area contributed by atoms with Gasteiger partial charge in [0.15, 0.2) is 0 Å². The van der Waals surface area contributed by atoms with Crippen LogP contribution < -0.4 is 5.32 Å². The second kappa shape index (κ2) is 6.26. The Morgan fingerprint density at radius 2 is 2.04 bits per heavy atom. The Morgan fingerprint density at radius 3 is 2.62 bits per heavy atom. The predicted octanol–water partition coefficient (Wildman–Crippen LogP) is 2.53. The molecular weight excluding hydrogens is 321 g/mol. The van der Waals surface area contributed by atoms with E-state index >= 15 is 0 Å². The minimum atomic E-state index is -4.33. The van der Waals surface area contributed by atoms with Crippen molar-refractivity contribution in [1.29, 1.82) is 0 Å². The van der Waals surface area contributed by atoms with Gasteiger partial charge >= 0.3 is 6.18 Å². The molecule has 3 rings (SSSR count). The van der Waals surface area contributed by atoms with Crippen molar-refractivity contribution in [3.8, 4) is 0 Å². The van der Waals surface area contributed by atoms with Crippen molar-refractivity contribution >= 4 is 5.91 Å². The maximum absolute atomic E-state index is 12.6. The summed E-state index contributed by atoms with van der Waals surface area (Å²) in [6.07, 6.45) is -2.06. The molecule has 0 spiro atoms. The van der Waals surface area contributed by atoms with E-state index in [0.29, 0.717) is 19.5 Å². The third-order valence-electron chi connectivity index (χ3n) is 4.25. The van der Waals surface area contributed by atoms with Gasteiger partial charge in [0.1, 0.15) is 12.2 Å². The standard InChI is InChI=1S/C16H17F3N4O/c1-10-22-21-9-23(10)7-6-20-15(24)14-8-13(14)11-2-4-12(5-3-11)16(17,18)19/h2-5,9,13-14H,6-8H2,1H3,(H,20,24)/t13-,14-/m1/s1. The van der Waals surface area contributed by atoms with Gasteiger partial charge in [0, 0.05) is 19.0 Å². The van der Waals surface area contributed by atoms with Gasteiger partial charge in [0.05, 0.1) is 5.56 Å². The zero-order valence-electron chi connectivity index (χ0n) is 13.0. The molecule has 0 bridgehead atoms. The first-order valence-electron chi connectivity index (χ1n) is 7.65. The van der Waals surface area contributed by atoms with Gasteiger partial charge in [-0.1, -0.05) is 12.1 Å². The number of carbonyl (C=O) groups excluding carboxylic acids is 1. The van der Waals surface area contributed by atoms with E-state index in [-0.39, 0.29) is 17.7 Å². The number of halogens is 3. The van der Waals surface area contributed by atoms with E-state index in [9.17, 15) is 18.0 Å². The van der Waals surface area contributed by atoms with Gasteiger partial charge in [-0.15, -0.1) is 10.2 Å². The average molecular weight is 338 g/mol. The summed E-state index contributed by atoms with van der Waals surface area (Å²) in [5.41, 5.74) is 0.106. The normalized spacial score (nSPS) is 20.0. The van der Waals surface area contributed by atoms with Crippen molar-refractivity contribution < 1.29 is 18.0 Å². The van der Waals surface area contributed by atoms with Crippen molar-refractivity contribution in [1.82, 2.24) is 20.1 Å². The van der Waals surface area contributed by atoms with E-state index in [0.717, 1.165) is 23.5 Å². The maximum Gasteiger partial charge on any atom is 0.416 e. The minimum Gasteiger partial charge on any atom is -0.354 e. The minimum absolute atomic E-state index is 0.00364. The van der Waals surface area contributed by atoms with Gasteiger partial charge in [0.2, 0.25) is 5.91 Å². The molecule has 0 saturated heterocycles. The molecule has 1 aliphatic rings. The molecule has 1 amide bonds. The molecule has 1 saturated carbocycles. The summed E-state index contributed by atoms with van der Waals surface area (Å²) in [5, 5.41) is 10.5. The Hall–Kier alpha value is -2.38. The largest absolute Gasteiger partial charge is 0.416 e. The molecule has 0 radical (unpaired) electrons. The first kappa shape index (κ1) is 16.5. The molecule has 1 aliphatic carbocycles. The van der Waals surface area contributed by atoms with Crippen LogP contribution in [0.2, 0.25) is 0 Å². The smallest absolute Gasteiger partial charge is 0.354 e. The fourth-order valence-electron chi connectivity index (χ4n) is 2.74. The van der Waals surface area contributed by atoms with E-state index in [1.165, 1.54) is 12.1 Å². The van der Waals surface area contributed by atoms with Crippen molar-refractivity contribution in [2.45, 2.75) is 32.0 Å². The molecule has 1 fully saturated rings. The number of rotatable bonds is 5. The van der Waals surface area contributed by atoms with E-state index in [1.54, 1.807) is 6.33 Å². The Morgan fingerprint density at radius 1 is 1.33 bits per heavy atom. The van der Waals surface area contributed by atoms with Crippen LogP contribution in [0.3, 0.4) is 0 Å². The highest BCUT2D eigenvalue weighted by atomic mass is 19.4. The number of carbonyl (C=O) groups is 1. The van der Waals surface area contributed by atoms with E-state index in [2.05, 4.69) is 15.5 Å². The summed E-state index contributed by atoms with van der Waals surface area (Å²) >= 11 is 0. The second-order valence-electron chi connectivity index (χ2n) is 5.93. The fraction of sp³-hybridized carbons (Fsp3) is 0.438. The summed E-state index contributed by atoms with van der Waals surface area (Å²) in [6.45, 7) is 2.88. The summed E-state index contributed by atoms with van der Waals surface area (Å²) in [4.78, 5) is 12.1. The fourth-order valence-corrected chi connectivity index (χ4v) is 2.74. The van der Waals surface area contributed by atoms with Crippen molar-refractivity contribution in [2.24, 2.45) is 5.92 Å². The molecule has 0 aliphatic heterocycles.